The van der Waals surface area contributed by atoms with Crippen LogP contribution in [0.1, 0.15) is 74.8 Å². The molecule has 0 atom stereocenters. The van der Waals surface area contributed by atoms with E-state index in [0.717, 1.165) is 33.6 Å². The monoisotopic (exact) mass is 764 g/mol. The maximum absolute atomic E-state index is 14.1. The number of carbonyl (C=O) groups excluding carboxylic acids is 4. The van der Waals surface area contributed by atoms with Crippen LogP contribution in [0.4, 0.5) is 11.4 Å². The Labute approximate surface area is 333 Å². The van der Waals surface area contributed by atoms with Crippen LogP contribution in [-0.2, 0) is 26.1 Å². The van der Waals surface area contributed by atoms with Crippen molar-refractivity contribution in [3.8, 4) is 34.8 Å². The number of ether oxygens (including phenoxy) is 2. The Hall–Kier alpha value is -7.96. The average Bonchev–Trinajstić information content (AvgIpc) is 3.92. The van der Waals surface area contributed by atoms with Gasteiger partial charge in [-0.25, -0.2) is 0 Å². The van der Waals surface area contributed by atoms with Crippen molar-refractivity contribution in [1.29, 1.82) is 10.5 Å². The molecule has 2 amide bonds. The summed E-state index contributed by atoms with van der Waals surface area (Å²) in [5, 5.41) is 18.4. The largest absolute Gasteiger partial charge is 0.488 e. The highest BCUT2D eigenvalue weighted by Crippen LogP contribution is 2.42. The number of carbonyl (C=O) groups is 4. The van der Waals surface area contributed by atoms with Gasteiger partial charge in [0.2, 0.25) is 0 Å². The first-order valence-electron chi connectivity index (χ1n) is 18.4. The van der Waals surface area contributed by atoms with Crippen LogP contribution < -0.4 is 19.3 Å². The normalized spacial score (nSPS) is 12.5. The Morgan fingerprint density at radius 2 is 1.07 bits per heavy atom. The SMILES string of the molecule is N#Cc1cncc(COc2cc(C(=O)N3CCc4c(-c5cccc6c5CCN6C(=O)c5ccc(C=O)c(OCc6cncc(C#N)c6)c5)cccc43)ccc2C=O)c1. The molecule has 0 radical (unpaired) electrons. The van der Waals surface area contributed by atoms with Gasteiger partial charge in [0, 0.05) is 71.5 Å². The Morgan fingerprint density at radius 1 is 0.621 bits per heavy atom. The molecule has 2 aliphatic heterocycles. The van der Waals surface area contributed by atoms with Gasteiger partial charge in [-0.05, 0) is 95.8 Å². The first kappa shape index (κ1) is 37.0. The number of aldehydes is 2. The predicted octanol–water partition coefficient (Wildman–Crippen LogP) is 7.08. The van der Waals surface area contributed by atoms with Gasteiger partial charge in [-0.15, -0.1) is 0 Å². The van der Waals surface area contributed by atoms with Gasteiger partial charge in [0.05, 0.1) is 22.3 Å². The molecule has 282 valence electrons. The van der Waals surface area contributed by atoms with Crippen molar-refractivity contribution in [3.05, 3.63) is 165 Å². The highest BCUT2D eigenvalue weighted by Gasteiger charge is 2.32. The van der Waals surface area contributed by atoms with E-state index in [1.54, 1.807) is 70.7 Å². The first-order valence-corrected chi connectivity index (χ1v) is 18.4. The summed E-state index contributed by atoms with van der Waals surface area (Å²) in [5.74, 6) is 0.0210. The van der Waals surface area contributed by atoms with Crippen LogP contribution in [0, 0.1) is 22.7 Å². The molecule has 2 aromatic heterocycles. The summed E-state index contributed by atoms with van der Waals surface area (Å²) in [7, 11) is 0. The number of fused-ring (bicyclic) bond motifs is 2. The van der Waals surface area contributed by atoms with Gasteiger partial charge in [-0.3, -0.25) is 29.1 Å². The molecular formula is C46H32N6O6. The minimum Gasteiger partial charge on any atom is -0.488 e. The third kappa shape index (κ3) is 7.14. The standard InChI is InChI=1S/C46H32N6O6/c47-19-29-15-31(23-49-21-29)27-57-43-17-33(7-9-35(43)25-53)45(55)51-13-11-39-37(3-1-5-41(39)51)38-4-2-6-42-40(38)12-14-52(42)46(56)34-8-10-36(26-54)44(18-34)58-28-32-16-30(20-48)22-50-24-32/h1-10,15-18,21-26H,11-14,27-28H2. The number of nitrogens with zero attached hydrogens (tertiary/aromatic N) is 6. The highest BCUT2D eigenvalue weighted by molar-refractivity contribution is 6.10. The molecule has 0 bridgehead atoms. The van der Waals surface area contributed by atoms with E-state index in [-0.39, 0.29) is 36.5 Å². The van der Waals surface area contributed by atoms with Crippen LogP contribution in [0.25, 0.3) is 11.1 Å². The van der Waals surface area contributed by atoms with Crippen molar-refractivity contribution in [2.24, 2.45) is 0 Å². The van der Waals surface area contributed by atoms with Crippen LogP contribution in [-0.4, -0.2) is 47.4 Å². The molecule has 58 heavy (non-hydrogen) atoms. The Morgan fingerprint density at radius 3 is 1.48 bits per heavy atom. The summed E-state index contributed by atoms with van der Waals surface area (Å²) < 4.78 is 11.9. The third-order valence-electron chi connectivity index (χ3n) is 10.2. The fraction of sp³-hybridized carbons (Fsp3) is 0.130. The Bertz CT molecular complexity index is 2550. The minimum absolute atomic E-state index is 0.0573. The lowest BCUT2D eigenvalue weighted by atomic mass is 9.93. The number of hydrogen-bond donors (Lipinski definition) is 0. The molecule has 0 saturated heterocycles. The maximum Gasteiger partial charge on any atom is 0.258 e. The number of aromatic nitrogens is 2. The van der Waals surface area contributed by atoms with Gasteiger partial charge in [-0.2, -0.15) is 10.5 Å². The Kier molecular flexibility index (Phi) is 10.2. The highest BCUT2D eigenvalue weighted by atomic mass is 16.5. The van der Waals surface area contributed by atoms with Crippen molar-refractivity contribution >= 4 is 35.8 Å². The molecule has 8 rings (SSSR count). The molecular weight excluding hydrogens is 733 g/mol. The number of benzene rings is 4. The van der Waals surface area contributed by atoms with E-state index in [4.69, 9.17) is 9.47 Å². The second kappa shape index (κ2) is 16.0. The quantitative estimate of drug-likeness (QED) is 0.125. The summed E-state index contributed by atoms with van der Waals surface area (Å²) in [5.41, 5.74) is 8.93. The molecule has 12 nitrogen and oxygen atoms in total. The second-order valence-corrected chi connectivity index (χ2v) is 13.7. The van der Waals surface area contributed by atoms with Crippen LogP contribution in [0.15, 0.2) is 110 Å². The summed E-state index contributed by atoms with van der Waals surface area (Å²) >= 11 is 0. The molecule has 0 spiro atoms. The van der Waals surface area contributed by atoms with E-state index >= 15 is 0 Å². The van der Waals surface area contributed by atoms with Crippen LogP contribution in [0.3, 0.4) is 0 Å². The maximum atomic E-state index is 14.1. The van der Waals surface area contributed by atoms with Gasteiger partial charge in [0.15, 0.2) is 12.6 Å². The van der Waals surface area contributed by atoms with Crippen molar-refractivity contribution < 1.29 is 28.7 Å². The van der Waals surface area contributed by atoms with Crippen LogP contribution in [0.5, 0.6) is 11.5 Å². The summed E-state index contributed by atoms with van der Waals surface area (Å²) in [6, 6.07) is 28.7. The first-order chi connectivity index (χ1) is 28.4. The second-order valence-electron chi connectivity index (χ2n) is 13.7. The van der Waals surface area contributed by atoms with Crippen molar-refractivity contribution in [3.63, 3.8) is 0 Å². The molecule has 6 aromatic rings. The van der Waals surface area contributed by atoms with Crippen molar-refractivity contribution in [2.75, 3.05) is 22.9 Å². The topological polar surface area (TPSA) is 167 Å². The van der Waals surface area contributed by atoms with E-state index in [9.17, 15) is 29.7 Å². The molecule has 0 aliphatic carbocycles. The minimum atomic E-state index is -0.238. The fourth-order valence-corrected chi connectivity index (χ4v) is 7.46. The van der Waals surface area contributed by atoms with Gasteiger partial charge in [-0.1, -0.05) is 24.3 Å². The van der Waals surface area contributed by atoms with E-state index in [0.29, 0.717) is 83.0 Å². The number of pyridine rings is 2. The van der Waals surface area contributed by atoms with E-state index in [1.165, 1.54) is 12.4 Å². The van der Waals surface area contributed by atoms with Crippen molar-refractivity contribution in [2.45, 2.75) is 26.1 Å². The summed E-state index contributed by atoms with van der Waals surface area (Å²) in [6.07, 6.45) is 8.63. The Balaban J connectivity index is 1.03. The van der Waals surface area contributed by atoms with Gasteiger partial charge in [0.25, 0.3) is 11.8 Å². The van der Waals surface area contributed by atoms with E-state index in [2.05, 4.69) is 9.97 Å². The number of amides is 2. The predicted molar refractivity (Wildman–Crippen MR) is 213 cm³/mol. The molecule has 0 saturated carbocycles. The van der Waals surface area contributed by atoms with Crippen LogP contribution in [0.2, 0.25) is 0 Å². The molecule has 0 unspecified atom stereocenters. The lowest BCUT2D eigenvalue weighted by molar-refractivity contribution is 0.0981. The lowest BCUT2D eigenvalue weighted by Crippen LogP contribution is -2.28. The smallest absolute Gasteiger partial charge is 0.258 e. The fourth-order valence-electron chi connectivity index (χ4n) is 7.46. The molecule has 4 heterocycles. The molecule has 2 aliphatic rings. The molecule has 0 N–H and O–H groups in total. The summed E-state index contributed by atoms with van der Waals surface area (Å²) in [6.45, 7) is 1.01. The van der Waals surface area contributed by atoms with E-state index in [1.807, 2.05) is 48.5 Å². The van der Waals surface area contributed by atoms with Crippen LogP contribution >= 0.6 is 0 Å². The summed E-state index contributed by atoms with van der Waals surface area (Å²) in [4.78, 5) is 63.4. The number of nitriles is 2. The third-order valence-corrected chi connectivity index (χ3v) is 10.2. The molecule has 4 aromatic carbocycles. The number of hydrogen-bond acceptors (Lipinski definition) is 10. The van der Waals surface area contributed by atoms with Crippen molar-refractivity contribution in [1.82, 2.24) is 9.97 Å². The van der Waals surface area contributed by atoms with Gasteiger partial charge >= 0.3 is 0 Å². The number of anilines is 2. The zero-order valence-corrected chi connectivity index (χ0v) is 30.9. The van der Waals surface area contributed by atoms with Gasteiger partial charge < -0.3 is 19.3 Å². The average molecular weight is 765 g/mol. The lowest BCUT2D eigenvalue weighted by Gasteiger charge is -2.20. The zero-order chi connectivity index (χ0) is 40.2. The molecule has 0 fully saturated rings. The zero-order valence-electron chi connectivity index (χ0n) is 30.9. The molecule has 12 heteroatoms. The van der Waals surface area contributed by atoms with E-state index < -0.39 is 0 Å². The number of rotatable bonds is 11. The van der Waals surface area contributed by atoms with Gasteiger partial charge in [0.1, 0.15) is 36.9 Å².